The lowest BCUT2D eigenvalue weighted by molar-refractivity contribution is -0.141. The van der Waals surface area contributed by atoms with Gasteiger partial charge in [0.05, 0.1) is 21.8 Å². The summed E-state index contributed by atoms with van der Waals surface area (Å²) in [6.45, 7) is -0.0583. The molecule has 42 heavy (non-hydrogen) atoms. The number of hydrogen-bond acceptors (Lipinski definition) is 9. The van der Waals surface area contributed by atoms with Crippen molar-refractivity contribution < 1.29 is 27.9 Å². The molecule has 3 fully saturated rings. The van der Waals surface area contributed by atoms with Gasteiger partial charge in [0.25, 0.3) is 0 Å². The lowest BCUT2D eigenvalue weighted by Gasteiger charge is -2.43. The first-order valence-corrected chi connectivity index (χ1v) is 16.7. The number of anilines is 1. The molecule has 3 aromatic rings. The summed E-state index contributed by atoms with van der Waals surface area (Å²) in [5.41, 5.74) is 1.08. The highest BCUT2D eigenvalue weighted by Crippen LogP contribution is 2.68. The number of nitrogens with zero attached hydrogens (tertiary/aromatic N) is 1. The summed E-state index contributed by atoms with van der Waals surface area (Å²) in [7, 11) is -3.86. The maximum Gasteiger partial charge on any atom is 0.305 e. The van der Waals surface area contributed by atoms with E-state index in [-0.39, 0.29) is 69.2 Å². The Balaban J connectivity index is 1.10. The normalized spacial score (nSPS) is 29.4. The summed E-state index contributed by atoms with van der Waals surface area (Å²) in [6.07, 6.45) is 0.616. The fraction of sp³-hybridized carbons (Fsp3) is 0.357. The monoisotopic (exact) mass is 626 g/mol. The molecule has 11 nitrogen and oxygen atoms in total. The molecule has 0 radical (unpaired) electrons. The SMILES string of the molecule is NS(=O)(=O)c1ccc(NC(=O)CCN2C(=O)C3C4CC(C3C2=O)C2C(c3ccccc3O)c3sc(=O)[nH]c3SC42)cc1. The zero-order valence-electron chi connectivity index (χ0n) is 21.9. The van der Waals surface area contributed by atoms with Crippen LogP contribution in [0.3, 0.4) is 0 Å². The number of phenolic OH excluding ortho intramolecular Hbond substituents is 1. The zero-order chi connectivity index (χ0) is 29.5. The van der Waals surface area contributed by atoms with Gasteiger partial charge in [0.1, 0.15) is 5.75 Å². The van der Waals surface area contributed by atoms with Crippen LogP contribution in [-0.4, -0.2) is 52.9 Å². The predicted octanol–water partition coefficient (Wildman–Crippen LogP) is 2.29. The van der Waals surface area contributed by atoms with Crippen LogP contribution in [0.5, 0.6) is 5.75 Å². The van der Waals surface area contributed by atoms with E-state index in [1.807, 2.05) is 12.1 Å². The Bertz CT molecular complexity index is 1800. The third-order valence-electron chi connectivity index (χ3n) is 9.12. The molecule has 218 valence electrons. The minimum atomic E-state index is -3.86. The van der Waals surface area contributed by atoms with Crippen molar-refractivity contribution in [3.05, 3.63) is 68.6 Å². The van der Waals surface area contributed by atoms with Gasteiger partial charge in [-0.2, -0.15) is 0 Å². The fourth-order valence-corrected chi connectivity index (χ4v) is 11.0. The van der Waals surface area contributed by atoms with Crippen LogP contribution in [0.2, 0.25) is 0 Å². The molecule has 7 unspecified atom stereocenters. The number of fused-ring (bicyclic) bond motifs is 9. The molecule has 7 rings (SSSR count). The molecule has 3 heterocycles. The number of rotatable bonds is 6. The van der Waals surface area contributed by atoms with Crippen LogP contribution in [-0.2, 0) is 24.4 Å². The van der Waals surface area contributed by atoms with Gasteiger partial charge in [0.15, 0.2) is 0 Å². The van der Waals surface area contributed by atoms with E-state index >= 15 is 0 Å². The van der Waals surface area contributed by atoms with Crippen LogP contribution in [0.1, 0.15) is 29.2 Å². The number of para-hydroxylation sites is 1. The standard InChI is InChI=1S/C28H26N4O7S3/c29-42(38,39)13-7-5-12(6-8-13)30-18(34)9-10-32-26(35)21-15-11-16(22(21)27(32)36)23-20(15)19(14-3-1-2-4-17(14)33)24-25(40-23)31-28(37)41-24/h1-8,15-16,19-23,33H,9-11H2,(H,30,34)(H,31,37)(H2,29,38,39). The number of phenols is 1. The number of likely N-dealkylation sites (tertiary alicyclic amines) is 1. The zero-order valence-corrected chi connectivity index (χ0v) is 24.4. The lowest BCUT2D eigenvalue weighted by atomic mass is 9.68. The van der Waals surface area contributed by atoms with Crippen LogP contribution >= 0.6 is 23.1 Å². The van der Waals surface area contributed by atoms with Gasteiger partial charge >= 0.3 is 4.87 Å². The van der Waals surface area contributed by atoms with E-state index in [4.69, 9.17) is 5.14 Å². The Kier molecular flexibility index (Phi) is 6.38. The molecule has 2 aromatic carbocycles. The number of nitrogens with two attached hydrogens (primary N) is 1. The van der Waals surface area contributed by atoms with Gasteiger partial charge in [-0.1, -0.05) is 29.5 Å². The van der Waals surface area contributed by atoms with Crippen molar-refractivity contribution in [3.63, 3.8) is 0 Å². The van der Waals surface area contributed by atoms with E-state index in [2.05, 4.69) is 10.3 Å². The number of H-pyrrole nitrogens is 1. The number of benzene rings is 2. The van der Waals surface area contributed by atoms with E-state index in [1.165, 1.54) is 29.2 Å². The number of thiazole rings is 1. The summed E-state index contributed by atoms with van der Waals surface area (Å²) in [5.74, 6) is -2.24. The van der Waals surface area contributed by atoms with Crippen LogP contribution in [0.15, 0.2) is 63.2 Å². The van der Waals surface area contributed by atoms with E-state index in [0.29, 0.717) is 5.69 Å². The van der Waals surface area contributed by atoms with E-state index in [0.717, 1.165) is 33.2 Å². The van der Waals surface area contributed by atoms with Crippen molar-refractivity contribution in [3.8, 4) is 5.75 Å². The third kappa shape index (κ3) is 4.22. The van der Waals surface area contributed by atoms with Crippen molar-refractivity contribution in [1.82, 2.24) is 9.88 Å². The summed E-state index contributed by atoms with van der Waals surface area (Å²) in [6, 6.07) is 12.5. The number of thioether (sulfide) groups is 1. The maximum atomic E-state index is 13.7. The van der Waals surface area contributed by atoms with Crippen molar-refractivity contribution in [2.24, 2.45) is 34.7 Å². The first kappa shape index (κ1) is 27.4. The largest absolute Gasteiger partial charge is 0.508 e. The summed E-state index contributed by atoms with van der Waals surface area (Å²) in [5, 5.41) is 19.3. The maximum absolute atomic E-state index is 13.7. The van der Waals surface area contributed by atoms with Gasteiger partial charge in [-0.3, -0.25) is 24.1 Å². The molecule has 1 saturated heterocycles. The van der Waals surface area contributed by atoms with Crippen molar-refractivity contribution in [2.45, 2.75) is 33.9 Å². The van der Waals surface area contributed by atoms with Crippen LogP contribution in [0.4, 0.5) is 5.69 Å². The molecule has 2 bridgehead atoms. The second kappa shape index (κ2) is 9.79. The number of aromatic hydroxyl groups is 1. The van der Waals surface area contributed by atoms with Gasteiger partial charge in [-0.15, -0.1) is 11.8 Å². The first-order chi connectivity index (χ1) is 20.0. The number of carbonyl (C=O) groups is 3. The molecule has 2 saturated carbocycles. The predicted molar refractivity (Wildman–Crippen MR) is 154 cm³/mol. The van der Waals surface area contributed by atoms with Crippen LogP contribution in [0, 0.1) is 29.6 Å². The second-order valence-corrected chi connectivity index (χ2v) is 15.0. The number of aromatic amines is 1. The molecule has 0 spiro atoms. The highest BCUT2D eigenvalue weighted by Gasteiger charge is 2.69. The third-order valence-corrected chi connectivity index (χ3v) is 12.6. The van der Waals surface area contributed by atoms with Gasteiger partial charge < -0.3 is 15.4 Å². The molecule has 5 N–H and O–H groups in total. The van der Waals surface area contributed by atoms with Gasteiger partial charge in [0.2, 0.25) is 27.7 Å². The first-order valence-electron chi connectivity index (χ1n) is 13.5. The average molecular weight is 627 g/mol. The number of aromatic nitrogens is 1. The number of amides is 3. The molecule has 4 aliphatic rings. The van der Waals surface area contributed by atoms with Crippen molar-refractivity contribution in [2.75, 3.05) is 11.9 Å². The van der Waals surface area contributed by atoms with E-state index in [1.54, 1.807) is 23.9 Å². The van der Waals surface area contributed by atoms with Gasteiger partial charge in [-0.25, -0.2) is 13.6 Å². The Labute approximate surface area is 248 Å². The minimum absolute atomic E-state index is 0.00101. The molecule has 14 heteroatoms. The van der Waals surface area contributed by atoms with E-state index < -0.39 is 27.8 Å². The average Bonchev–Trinajstić information content (AvgIpc) is 3.67. The Hall–Kier alpha value is -3.46. The van der Waals surface area contributed by atoms with Crippen LogP contribution < -0.4 is 15.3 Å². The second-order valence-electron chi connectivity index (χ2n) is 11.2. The molecule has 2 aliphatic carbocycles. The fourth-order valence-electron chi connectivity index (χ4n) is 7.56. The van der Waals surface area contributed by atoms with Gasteiger partial charge in [0, 0.05) is 40.3 Å². The molecule has 1 aromatic heterocycles. The van der Waals surface area contributed by atoms with Crippen molar-refractivity contribution >= 4 is 56.5 Å². The Morgan fingerprint density at radius 3 is 2.43 bits per heavy atom. The number of sulfonamides is 1. The molecule has 3 amide bonds. The van der Waals surface area contributed by atoms with Gasteiger partial charge in [-0.05, 0) is 54.5 Å². The van der Waals surface area contributed by atoms with E-state index in [9.17, 15) is 32.7 Å². The number of imide groups is 1. The minimum Gasteiger partial charge on any atom is -0.508 e. The quantitative estimate of drug-likeness (QED) is 0.301. The Morgan fingerprint density at radius 2 is 1.74 bits per heavy atom. The lowest BCUT2D eigenvalue weighted by Crippen LogP contribution is -2.42. The Morgan fingerprint density at radius 1 is 1.05 bits per heavy atom. The number of hydrogen-bond donors (Lipinski definition) is 4. The molecular weight excluding hydrogens is 601 g/mol. The van der Waals surface area contributed by atoms with Crippen molar-refractivity contribution in [1.29, 1.82) is 0 Å². The topological polar surface area (TPSA) is 180 Å². The number of nitrogens with one attached hydrogen (secondary N) is 2. The smallest absolute Gasteiger partial charge is 0.305 e. The van der Waals surface area contributed by atoms with Crippen LogP contribution in [0.25, 0.3) is 0 Å². The highest BCUT2D eigenvalue weighted by atomic mass is 32.2. The summed E-state index contributed by atoms with van der Waals surface area (Å²) < 4.78 is 22.9. The molecule has 2 aliphatic heterocycles. The molecule has 7 atom stereocenters. The number of carbonyl (C=O) groups excluding carboxylic acids is 3. The summed E-state index contributed by atoms with van der Waals surface area (Å²) in [4.78, 5) is 57.1. The molecular formula is C28H26N4O7S3. The highest BCUT2D eigenvalue weighted by molar-refractivity contribution is 8.00. The number of primary sulfonamides is 1. The summed E-state index contributed by atoms with van der Waals surface area (Å²) >= 11 is 2.71.